The highest BCUT2D eigenvalue weighted by Gasteiger charge is 2.22. The van der Waals surface area contributed by atoms with Crippen LogP contribution in [0.3, 0.4) is 0 Å². The summed E-state index contributed by atoms with van der Waals surface area (Å²) in [5.41, 5.74) is 0. The van der Waals surface area contributed by atoms with Crippen molar-refractivity contribution in [1.29, 1.82) is 0 Å². The molecule has 0 rings (SSSR count). The molecule has 0 amide bonds. The zero-order valence-corrected chi connectivity index (χ0v) is 37.8. The van der Waals surface area contributed by atoms with E-state index >= 15 is 0 Å². The summed E-state index contributed by atoms with van der Waals surface area (Å²) < 4.78 is 26.4. The average Bonchev–Trinajstić information content (AvgIpc) is 3.20. The summed E-state index contributed by atoms with van der Waals surface area (Å²) in [4.78, 5) is 42.9. The SMILES string of the molecule is CC/C=C/C/C=C/C/C=C/C/C=C/C/C=C/CCCC(=O)O[C@H](COC(=O)CCC/C=C/CCCCCCCCCCCCCCCCCCCC)COP(=O)(O)O. The molecule has 334 valence electrons. The van der Waals surface area contributed by atoms with Gasteiger partial charge in [-0.2, -0.15) is 0 Å². The summed E-state index contributed by atoms with van der Waals surface area (Å²) in [6.07, 6.45) is 58.0. The van der Waals surface area contributed by atoms with Crippen LogP contribution >= 0.6 is 7.82 Å². The predicted octanol–water partition coefficient (Wildman–Crippen LogP) is 14.6. The lowest BCUT2D eigenvalue weighted by molar-refractivity contribution is -0.161. The van der Waals surface area contributed by atoms with Crippen LogP contribution in [0.1, 0.15) is 206 Å². The van der Waals surface area contributed by atoms with Crippen LogP contribution in [0, 0.1) is 0 Å². The molecule has 0 aromatic rings. The number of allylic oxidation sites excluding steroid dienone is 12. The van der Waals surface area contributed by atoms with E-state index in [-0.39, 0.29) is 19.4 Å². The van der Waals surface area contributed by atoms with E-state index in [0.29, 0.717) is 19.3 Å². The summed E-state index contributed by atoms with van der Waals surface area (Å²) in [5.74, 6) is -0.991. The van der Waals surface area contributed by atoms with Gasteiger partial charge < -0.3 is 19.3 Å². The molecule has 0 saturated heterocycles. The molecule has 1 atom stereocenters. The van der Waals surface area contributed by atoms with Crippen LogP contribution in [-0.4, -0.2) is 41.0 Å². The minimum atomic E-state index is -4.78. The summed E-state index contributed by atoms with van der Waals surface area (Å²) in [6.45, 7) is 3.52. The molecule has 0 aromatic heterocycles. The molecule has 0 saturated carbocycles. The van der Waals surface area contributed by atoms with Crippen molar-refractivity contribution in [1.82, 2.24) is 0 Å². The minimum absolute atomic E-state index is 0.126. The molecule has 0 aliphatic carbocycles. The third-order valence-corrected chi connectivity index (χ3v) is 10.2. The number of phosphoric ester groups is 1. The smallest absolute Gasteiger partial charge is 0.462 e. The molecule has 0 unspecified atom stereocenters. The fourth-order valence-electron chi connectivity index (χ4n) is 6.30. The van der Waals surface area contributed by atoms with Crippen molar-refractivity contribution < 1.29 is 37.9 Å². The lowest BCUT2D eigenvalue weighted by Crippen LogP contribution is -2.29. The normalized spacial score (nSPS) is 13.1. The first-order chi connectivity index (χ1) is 28.3. The van der Waals surface area contributed by atoms with Gasteiger partial charge in [0.05, 0.1) is 6.61 Å². The standard InChI is InChI=1S/C49H85O8P/c1-3-5-7-9-11-13-15-17-19-21-22-23-24-25-26-28-29-31-33-35-37-39-41-43-48(50)55-45-47(46-56-58(52,53)54)57-49(51)44-42-40-38-36-34-32-30-27-20-18-16-14-12-10-8-6-4-2/h6,8,12,14,18,20,30,32,35-38,47H,3-5,7,9-11,13,15-17,19,21-29,31,33-34,39-46H2,1-2H3,(H2,52,53,54)/b8-6+,14-12+,20-18+,32-30+,37-35+,38-36+/t47-/m1/s1. The van der Waals surface area contributed by atoms with Gasteiger partial charge in [-0.05, 0) is 70.6 Å². The molecule has 9 heteroatoms. The van der Waals surface area contributed by atoms with Gasteiger partial charge in [-0.1, -0.05) is 196 Å². The van der Waals surface area contributed by atoms with Crippen molar-refractivity contribution in [2.24, 2.45) is 0 Å². The zero-order valence-electron chi connectivity index (χ0n) is 36.9. The van der Waals surface area contributed by atoms with Crippen molar-refractivity contribution in [2.75, 3.05) is 13.2 Å². The first-order valence-electron chi connectivity index (χ1n) is 23.2. The number of carbonyl (C=O) groups is 2. The van der Waals surface area contributed by atoms with E-state index < -0.39 is 32.5 Å². The molecule has 0 spiro atoms. The Bertz CT molecular complexity index is 1170. The average molecular weight is 833 g/mol. The van der Waals surface area contributed by atoms with Crippen LogP contribution in [0.2, 0.25) is 0 Å². The van der Waals surface area contributed by atoms with Gasteiger partial charge in [0.15, 0.2) is 6.10 Å². The van der Waals surface area contributed by atoms with Crippen molar-refractivity contribution in [3.05, 3.63) is 72.9 Å². The fourth-order valence-corrected chi connectivity index (χ4v) is 6.66. The van der Waals surface area contributed by atoms with Gasteiger partial charge in [0.2, 0.25) is 0 Å². The summed E-state index contributed by atoms with van der Waals surface area (Å²) in [7, 11) is -4.78. The van der Waals surface area contributed by atoms with Crippen molar-refractivity contribution in [3.63, 3.8) is 0 Å². The molecule has 0 aliphatic rings. The first-order valence-corrected chi connectivity index (χ1v) is 24.8. The number of rotatable bonds is 42. The Labute approximate surface area is 355 Å². The van der Waals surface area contributed by atoms with Gasteiger partial charge in [-0.25, -0.2) is 4.57 Å². The first kappa shape index (κ1) is 55.5. The molecular weight excluding hydrogens is 748 g/mol. The summed E-state index contributed by atoms with van der Waals surface area (Å²) in [6, 6.07) is 0. The number of unbranched alkanes of at least 4 members (excludes halogenated alkanes) is 20. The maximum atomic E-state index is 12.4. The largest absolute Gasteiger partial charge is 0.469 e. The van der Waals surface area contributed by atoms with E-state index in [1.807, 2.05) is 12.2 Å². The molecule has 8 nitrogen and oxygen atoms in total. The van der Waals surface area contributed by atoms with E-state index in [0.717, 1.165) is 44.9 Å². The number of esters is 2. The molecule has 0 aliphatic heterocycles. The van der Waals surface area contributed by atoms with Crippen LogP contribution in [0.4, 0.5) is 0 Å². The molecule has 0 radical (unpaired) electrons. The molecular formula is C49H85O8P. The van der Waals surface area contributed by atoms with Gasteiger partial charge in [0.1, 0.15) is 6.61 Å². The third kappa shape index (κ3) is 46.2. The topological polar surface area (TPSA) is 119 Å². The molecule has 2 N–H and O–H groups in total. The van der Waals surface area contributed by atoms with Crippen LogP contribution in [0.5, 0.6) is 0 Å². The Balaban J connectivity index is 3.95. The monoisotopic (exact) mass is 833 g/mol. The Morgan fingerprint density at radius 2 is 0.828 bits per heavy atom. The van der Waals surface area contributed by atoms with E-state index in [9.17, 15) is 14.2 Å². The Kier molecular flexibility index (Phi) is 42.1. The number of hydrogen-bond acceptors (Lipinski definition) is 6. The van der Waals surface area contributed by atoms with Crippen LogP contribution < -0.4 is 0 Å². The van der Waals surface area contributed by atoms with E-state index in [2.05, 4.69) is 79.1 Å². The van der Waals surface area contributed by atoms with Gasteiger partial charge >= 0.3 is 19.8 Å². The highest BCUT2D eigenvalue weighted by molar-refractivity contribution is 7.46. The Morgan fingerprint density at radius 1 is 0.466 bits per heavy atom. The van der Waals surface area contributed by atoms with E-state index in [1.54, 1.807) is 0 Å². The molecule has 0 bridgehead atoms. The highest BCUT2D eigenvalue weighted by Crippen LogP contribution is 2.36. The maximum Gasteiger partial charge on any atom is 0.469 e. The molecule has 0 aromatic carbocycles. The van der Waals surface area contributed by atoms with Gasteiger partial charge in [-0.3, -0.25) is 14.1 Å². The fraction of sp³-hybridized carbons (Fsp3) is 0.714. The van der Waals surface area contributed by atoms with E-state index in [1.165, 1.54) is 116 Å². The number of hydrogen-bond donors (Lipinski definition) is 2. The minimum Gasteiger partial charge on any atom is -0.462 e. The van der Waals surface area contributed by atoms with Crippen molar-refractivity contribution in [2.45, 2.75) is 213 Å². The Hall–Kier alpha value is -2.51. The van der Waals surface area contributed by atoms with Crippen molar-refractivity contribution >= 4 is 19.8 Å². The number of phosphoric acid groups is 1. The number of carbonyl (C=O) groups excluding carboxylic acids is 2. The molecule has 0 heterocycles. The second-order valence-electron chi connectivity index (χ2n) is 15.3. The second kappa shape index (κ2) is 44.1. The lowest BCUT2D eigenvalue weighted by atomic mass is 10.0. The van der Waals surface area contributed by atoms with Crippen molar-refractivity contribution in [3.8, 4) is 0 Å². The predicted molar refractivity (Wildman–Crippen MR) is 244 cm³/mol. The van der Waals surface area contributed by atoms with Crippen LogP contribution in [0.15, 0.2) is 72.9 Å². The van der Waals surface area contributed by atoms with Gasteiger partial charge in [0, 0.05) is 12.8 Å². The van der Waals surface area contributed by atoms with Gasteiger partial charge in [-0.15, -0.1) is 0 Å². The third-order valence-electron chi connectivity index (χ3n) is 9.71. The molecule has 58 heavy (non-hydrogen) atoms. The second-order valence-corrected chi connectivity index (χ2v) is 16.6. The Morgan fingerprint density at radius 3 is 1.26 bits per heavy atom. The maximum absolute atomic E-state index is 12.4. The quantitative estimate of drug-likeness (QED) is 0.0270. The van der Waals surface area contributed by atoms with Crippen LogP contribution in [-0.2, 0) is 28.2 Å². The number of ether oxygens (including phenoxy) is 2. The lowest BCUT2D eigenvalue weighted by Gasteiger charge is -2.18. The summed E-state index contributed by atoms with van der Waals surface area (Å²) >= 11 is 0. The summed E-state index contributed by atoms with van der Waals surface area (Å²) in [5, 5.41) is 0. The van der Waals surface area contributed by atoms with E-state index in [4.69, 9.17) is 19.3 Å². The highest BCUT2D eigenvalue weighted by atomic mass is 31.2. The molecule has 0 fully saturated rings. The zero-order chi connectivity index (χ0) is 42.5. The van der Waals surface area contributed by atoms with Gasteiger partial charge in [0.25, 0.3) is 0 Å². The van der Waals surface area contributed by atoms with Crippen LogP contribution in [0.25, 0.3) is 0 Å².